The minimum absolute atomic E-state index is 0.713. The summed E-state index contributed by atoms with van der Waals surface area (Å²) in [6, 6.07) is 0.713. The number of hydrogen-bond acceptors (Lipinski definition) is 2. The topological polar surface area (TPSA) is 15.3 Å². The minimum atomic E-state index is 0.713. The third-order valence-corrected chi connectivity index (χ3v) is 3.67. The van der Waals surface area contributed by atoms with E-state index >= 15 is 0 Å². The molecule has 0 bridgehead atoms. The van der Waals surface area contributed by atoms with Gasteiger partial charge in [-0.25, -0.2) is 0 Å². The zero-order valence-electron chi connectivity index (χ0n) is 12.1. The van der Waals surface area contributed by atoms with Gasteiger partial charge < -0.3 is 10.2 Å². The van der Waals surface area contributed by atoms with E-state index in [4.69, 9.17) is 0 Å². The van der Waals surface area contributed by atoms with Crippen molar-refractivity contribution in [2.75, 3.05) is 26.2 Å². The van der Waals surface area contributed by atoms with Crippen LogP contribution in [-0.2, 0) is 0 Å². The molecule has 0 fully saturated rings. The molecule has 0 aliphatic rings. The van der Waals surface area contributed by atoms with Gasteiger partial charge in [0.1, 0.15) is 0 Å². The summed E-state index contributed by atoms with van der Waals surface area (Å²) in [5.74, 6) is 0.876. The SMILES string of the molecule is CCNCCC(C)N(CC)CC(CC)CC. The Hall–Kier alpha value is -0.0800. The van der Waals surface area contributed by atoms with Crippen molar-refractivity contribution in [3.63, 3.8) is 0 Å². The fraction of sp³-hybridized carbons (Fsp3) is 1.00. The molecule has 1 unspecified atom stereocenters. The molecule has 0 saturated heterocycles. The first-order valence-corrected chi connectivity index (χ1v) is 7.14. The molecule has 0 aliphatic heterocycles. The van der Waals surface area contributed by atoms with Crippen molar-refractivity contribution in [3.8, 4) is 0 Å². The van der Waals surface area contributed by atoms with Crippen LogP contribution in [0.15, 0.2) is 0 Å². The van der Waals surface area contributed by atoms with Crippen LogP contribution in [0.3, 0.4) is 0 Å². The Morgan fingerprint density at radius 3 is 2.12 bits per heavy atom. The van der Waals surface area contributed by atoms with Gasteiger partial charge in [-0.15, -0.1) is 0 Å². The van der Waals surface area contributed by atoms with E-state index < -0.39 is 0 Å². The highest BCUT2D eigenvalue weighted by Gasteiger charge is 2.15. The zero-order valence-corrected chi connectivity index (χ0v) is 12.1. The monoisotopic (exact) mass is 228 g/mol. The van der Waals surface area contributed by atoms with Crippen LogP contribution in [0.4, 0.5) is 0 Å². The van der Waals surface area contributed by atoms with Gasteiger partial charge in [-0.3, -0.25) is 0 Å². The van der Waals surface area contributed by atoms with Crippen molar-refractivity contribution >= 4 is 0 Å². The standard InChI is InChI=1S/C14H32N2/c1-6-14(7-2)12-16(9-4)13(5)10-11-15-8-3/h13-15H,6-12H2,1-5H3. The van der Waals surface area contributed by atoms with Crippen LogP contribution in [0.1, 0.15) is 53.9 Å². The van der Waals surface area contributed by atoms with E-state index in [1.807, 2.05) is 0 Å². The van der Waals surface area contributed by atoms with Crippen LogP contribution in [-0.4, -0.2) is 37.1 Å². The number of hydrogen-bond donors (Lipinski definition) is 1. The highest BCUT2D eigenvalue weighted by molar-refractivity contribution is 4.70. The number of rotatable bonds is 10. The molecule has 98 valence electrons. The molecule has 0 aromatic rings. The lowest BCUT2D eigenvalue weighted by Crippen LogP contribution is -2.38. The molecule has 0 spiro atoms. The normalized spacial score (nSPS) is 13.7. The highest BCUT2D eigenvalue weighted by atomic mass is 15.1. The minimum Gasteiger partial charge on any atom is -0.317 e. The summed E-state index contributed by atoms with van der Waals surface area (Å²) >= 11 is 0. The van der Waals surface area contributed by atoms with Crippen molar-refractivity contribution in [2.45, 2.75) is 59.9 Å². The molecule has 0 amide bonds. The maximum Gasteiger partial charge on any atom is 0.00790 e. The first kappa shape index (κ1) is 15.9. The summed E-state index contributed by atoms with van der Waals surface area (Å²) in [6.07, 6.45) is 3.89. The van der Waals surface area contributed by atoms with Gasteiger partial charge in [0.25, 0.3) is 0 Å². The molecule has 0 aromatic heterocycles. The molecule has 0 heterocycles. The van der Waals surface area contributed by atoms with E-state index in [-0.39, 0.29) is 0 Å². The molecule has 0 aromatic carbocycles. The van der Waals surface area contributed by atoms with E-state index in [0.29, 0.717) is 6.04 Å². The second-order valence-electron chi connectivity index (χ2n) is 4.76. The van der Waals surface area contributed by atoms with Gasteiger partial charge in [-0.05, 0) is 38.9 Å². The molecule has 0 saturated carbocycles. The molecule has 2 heteroatoms. The average Bonchev–Trinajstić information content (AvgIpc) is 2.31. The Morgan fingerprint density at radius 1 is 1.06 bits per heavy atom. The van der Waals surface area contributed by atoms with Crippen molar-refractivity contribution in [1.29, 1.82) is 0 Å². The first-order chi connectivity index (χ1) is 7.69. The Balaban J connectivity index is 3.94. The second kappa shape index (κ2) is 10.1. The van der Waals surface area contributed by atoms with Gasteiger partial charge in [-0.1, -0.05) is 40.5 Å². The molecular weight excluding hydrogens is 196 g/mol. The van der Waals surface area contributed by atoms with Crippen LogP contribution < -0.4 is 5.32 Å². The molecule has 0 aliphatic carbocycles. The van der Waals surface area contributed by atoms with E-state index in [0.717, 1.165) is 19.0 Å². The summed E-state index contributed by atoms with van der Waals surface area (Å²) in [4.78, 5) is 2.63. The second-order valence-corrected chi connectivity index (χ2v) is 4.76. The fourth-order valence-electron chi connectivity index (χ4n) is 2.17. The van der Waals surface area contributed by atoms with Gasteiger partial charge in [0.05, 0.1) is 0 Å². The summed E-state index contributed by atoms with van der Waals surface area (Å²) < 4.78 is 0. The maximum atomic E-state index is 3.41. The summed E-state index contributed by atoms with van der Waals surface area (Å²) in [5.41, 5.74) is 0. The molecule has 2 nitrogen and oxygen atoms in total. The molecule has 16 heavy (non-hydrogen) atoms. The van der Waals surface area contributed by atoms with E-state index in [1.165, 1.54) is 32.4 Å². The zero-order chi connectivity index (χ0) is 12.4. The fourth-order valence-corrected chi connectivity index (χ4v) is 2.17. The Kier molecular flexibility index (Phi) is 10.0. The highest BCUT2D eigenvalue weighted by Crippen LogP contribution is 2.13. The predicted octanol–water partition coefficient (Wildman–Crippen LogP) is 3.13. The van der Waals surface area contributed by atoms with E-state index in [9.17, 15) is 0 Å². The third-order valence-electron chi connectivity index (χ3n) is 3.67. The van der Waals surface area contributed by atoms with Crippen LogP contribution >= 0.6 is 0 Å². The smallest absolute Gasteiger partial charge is 0.00790 e. The Labute approximate surface area is 103 Å². The number of nitrogens with zero attached hydrogens (tertiary/aromatic N) is 1. The molecule has 1 N–H and O–H groups in total. The third kappa shape index (κ3) is 6.49. The van der Waals surface area contributed by atoms with Gasteiger partial charge in [0.2, 0.25) is 0 Å². The van der Waals surface area contributed by atoms with Gasteiger partial charge in [-0.2, -0.15) is 0 Å². The van der Waals surface area contributed by atoms with Gasteiger partial charge in [0.15, 0.2) is 0 Å². The van der Waals surface area contributed by atoms with Crippen LogP contribution in [0.5, 0.6) is 0 Å². The average molecular weight is 228 g/mol. The molecule has 1 atom stereocenters. The maximum absolute atomic E-state index is 3.41. The largest absolute Gasteiger partial charge is 0.317 e. The molecule has 0 radical (unpaired) electrons. The molecule has 0 rings (SSSR count). The van der Waals surface area contributed by atoms with Gasteiger partial charge >= 0.3 is 0 Å². The lowest BCUT2D eigenvalue weighted by atomic mass is 10.0. The predicted molar refractivity (Wildman–Crippen MR) is 73.9 cm³/mol. The van der Waals surface area contributed by atoms with Crippen LogP contribution in [0.25, 0.3) is 0 Å². The van der Waals surface area contributed by atoms with Crippen molar-refractivity contribution in [3.05, 3.63) is 0 Å². The summed E-state index contributed by atoms with van der Waals surface area (Å²) in [6.45, 7) is 16.1. The lowest BCUT2D eigenvalue weighted by Gasteiger charge is -2.31. The van der Waals surface area contributed by atoms with Crippen molar-refractivity contribution in [1.82, 2.24) is 10.2 Å². The van der Waals surface area contributed by atoms with Crippen molar-refractivity contribution < 1.29 is 0 Å². The lowest BCUT2D eigenvalue weighted by molar-refractivity contribution is 0.173. The van der Waals surface area contributed by atoms with Crippen LogP contribution in [0, 0.1) is 5.92 Å². The Morgan fingerprint density at radius 2 is 1.69 bits per heavy atom. The van der Waals surface area contributed by atoms with Gasteiger partial charge in [0, 0.05) is 12.6 Å². The summed E-state index contributed by atoms with van der Waals surface area (Å²) in [5, 5.41) is 3.41. The Bertz CT molecular complexity index is 144. The van der Waals surface area contributed by atoms with Crippen LogP contribution in [0.2, 0.25) is 0 Å². The van der Waals surface area contributed by atoms with E-state index in [2.05, 4.69) is 44.8 Å². The first-order valence-electron chi connectivity index (χ1n) is 7.14. The van der Waals surface area contributed by atoms with Crippen molar-refractivity contribution in [2.24, 2.45) is 5.92 Å². The summed E-state index contributed by atoms with van der Waals surface area (Å²) in [7, 11) is 0. The number of nitrogens with one attached hydrogen (secondary N) is 1. The quantitative estimate of drug-likeness (QED) is 0.578. The molecular formula is C14H32N2. The van der Waals surface area contributed by atoms with E-state index in [1.54, 1.807) is 0 Å².